The van der Waals surface area contributed by atoms with Gasteiger partial charge in [0.25, 0.3) is 0 Å². The van der Waals surface area contributed by atoms with Gasteiger partial charge in [-0.1, -0.05) is 24.3 Å². The van der Waals surface area contributed by atoms with E-state index in [1.165, 1.54) is 6.07 Å². The fourth-order valence-electron chi connectivity index (χ4n) is 3.18. The number of carbonyl (C=O) groups excluding carboxylic acids is 1. The third-order valence-corrected chi connectivity index (χ3v) is 4.27. The number of halogens is 1. The molecule has 0 heterocycles. The Labute approximate surface area is 129 Å². The Kier molecular flexibility index (Phi) is 3.97. The van der Waals surface area contributed by atoms with Crippen LogP contribution in [0.15, 0.2) is 36.4 Å². The molecule has 3 rings (SSSR count). The second-order valence-corrected chi connectivity index (χ2v) is 5.63. The van der Waals surface area contributed by atoms with Crippen LogP contribution >= 0.6 is 0 Å². The van der Waals surface area contributed by atoms with Crippen LogP contribution in [0.1, 0.15) is 31.4 Å². The summed E-state index contributed by atoms with van der Waals surface area (Å²) in [4.78, 5) is 12.0. The fourth-order valence-corrected chi connectivity index (χ4v) is 3.18. The molecule has 1 aliphatic carbocycles. The van der Waals surface area contributed by atoms with E-state index < -0.39 is 0 Å². The van der Waals surface area contributed by atoms with Crippen LogP contribution in [0.25, 0.3) is 16.3 Å². The van der Waals surface area contributed by atoms with Gasteiger partial charge in [0.15, 0.2) is 0 Å². The van der Waals surface area contributed by atoms with Crippen LogP contribution in [0.5, 0.6) is 0 Å². The lowest BCUT2D eigenvalue weighted by Crippen LogP contribution is -2.18. The number of carbonyl (C=O) groups is 1. The molecule has 3 heteroatoms. The van der Waals surface area contributed by atoms with E-state index in [9.17, 15) is 9.18 Å². The van der Waals surface area contributed by atoms with Crippen molar-refractivity contribution in [2.45, 2.75) is 26.7 Å². The van der Waals surface area contributed by atoms with Crippen molar-refractivity contribution in [1.29, 1.82) is 0 Å². The van der Waals surface area contributed by atoms with Crippen LogP contribution in [0.4, 0.5) is 4.39 Å². The van der Waals surface area contributed by atoms with E-state index in [1.54, 1.807) is 12.1 Å². The van der Waals surface area contributed by atoms with Crippen LogP contribution in [-0.2, 0) is 16.0 Å². The number of hydrogen-bond acceptors (Lipinski definition) is 2. The highest BCUT2D eigenvalue weighted by atomic mass is 19.1. The van der Waals surface area contributed by atoms with E-state index in [4.69, 9.17) is 4.74 Å². The van der Waals surface area contributed by atoms with Crippen LogP contribution in [-0.4, -0.2) is 12.6 Å². The molecule has 0 N–H and O–H groups in total. The highest BCUT2D eigenvalue weighted by Gasteiger charge is 2.25. The van der Waals surface area contributed by atoms with Crippen LogP contribution in [0.2, 0.25) is 0 Å². The third-order valence-electron chi connectivity index (χ3n) is 4.27. The summed E-state index contributed by atoms with van der Waals surface area (Å²) in [5, 5.41) is 1.98. The van der Waals surface area contributed by atoms with E-state index >= 15 is 0 Å². The van der Waals surface area contributed by atoms with Gasteiger partial charge in [-0.15, -0.1) is 0 Å². The van der Waals surface area contributed by atoms with Crippen molar-refractivity contribution < 1.29 is 13.9 Å². The minimum Gasteiger partial charge on any atom is -0.466 e. The first-order chi connectivity index (χ1) is 10.6. The molecule has 0 aromatic heterocycles. The Hall–Kier alpha value is -2.16. The van der Waals surface area contributed by atoms with E-state index in [0.29, 0.717) is 6.61 Å². The second kappa shape index (κ2) is 5.91. The van der Waals surface area contributed by atoms with Crippen molar-refractivity contribution in [3.63, 3.8) is 0 Å². The average Bonchev–Trinajstić information content (AvgIpc) is 2.53. The van der Waals surface area contributed by atoms with Gasteiger partial charge in [0, 0.05) is 0 Å². The number of benzene rings is 2. The first-order valence-electron chi connectivity index (χ1n) is 7.70. The molecule has 0 fully saturated rings. The van der Waals surface area contributed by atoms with Gasteiger partial charge in [0.2, 0.25) is 0 Å². The molecule has 114 valence electrons. The molecule has 0 radical (unpaired) electrons. The topological polar surface area (TPSA) is 26.3 Å². The van der Waals surface area contributed by atoms with E-state index in [0.717, 1.165) is 40.3 Å². The summed E-state index contributed by atoms with van der Waals surface area (Å²) in [5.41, 5.74) is 3.17. The van der Waals surface area contributed by atoms with Crippen molar-refractivity contribution in [2.75, 3.05) is 6.61 Å². The molecular weight excluding hydrogens is 279 g/mol. The maximum Gasteiger partial charge on any atom is 0.313 e. The van der Waals surface area contributed by atoms with E-state index in [-0.39, 0.29) is 17.7 Å². The molecule has 0 saturated carbocycles. The lowest BCUT2D eigenvalue weighted by atomic mass is 9.82. The van der Waals surface area contributed by atoms with Crippen LogP contribution < -0.4 is 0 Å². The normalized spacial score (nSPS) is 15.1. The molecule has 1 atom stereocenters. The molecule has 0 bridgehead atoms. The summed E-state index contributed by atoms with van der Waals surface area (Å²) in [6.07, 6.45) is 3.84. The number of allylic oxidation sites excluding steroid dienone is 1. The fraction of sp³-hybridized carbons (Fsp3) is 0.316. The summed E-state index contributed by atoms with van der Waals surface area (Å²) in [6, 6.07) is 8.90. The second-order valence-electron chi connectivity index (χ2n) is 5.63. The van der Waals surface area contributed by atoms with Crippen molar-refractivity contribution in [1.82, 2.24) is 0 Å². The number of hydrogen-bond donors (Lipinski definition) is 0. The highest BCUT2D eigenvalue weighted by molar-refractivity contribution is 5.95. The standard InChI is InChI=1S/C19H19FO2/c1-3-22-19(21)12(2)15-5-4-6-16-17(15)10-8-13-7-9-14(20)11-18(13)16/h5,7-12H,3-4,6H2,1-2H3. The van der Waals surface area contributed by atoms with Gasteiger partial charge in [-0.3, -0.25) is 4.79 Å². The van der Waals surface area contributed by atoms with Gasteiger partial charge >= 0.3 is 5.97 Å². The Morgan fingerprint density at radius 1 is 1.32 bits per heavy atom. The first-order valence-corrected chi connectivity index (χ1v) is 7.70. The SMILES string of the molecule is CCOC(=O)C(C)C1=CCCc2c1ccc1ccc(F)cc21. The molecule has 22 heavy (non-hydrogen) atoms. The quantitative estimate of drug-likeness (QED) is 0.779. The number of rotatable bonds is 3. The smallest absolute Gasteiger partial charge is 0.313 e. The van der Waals surface area contributed by atoms with Crippen LogP contribution in [0.3, 0.4) is 0 Å². The predicted octanol–water partition coefficient (Wildman–Crippen LogP) is 4.51. The molecule has 0 saturated heterocycles. The minimum absolute atomic E-state index is 0.207. The van der Waals surface area contributed by atoms with Gasteiger partial charge in [0.05, 0.1) is 12.5 Å². The maximum atomic E-state index is 13.6. The molecule has 2 nitrogen and oxygen atoms in total. The third kappa shape index (κ3) is 2.52. The lowest BCUT2D eigenvalue weighted by molar-refractivity contribution is -0.145. The Bertz CT molecular complexity index is 761. The molecule has 0 spiro atoms. The predicted molar refractivity (Wildman–Crippen MR) is 86.0 cm³/mol. The zero-order valence-electron chi connectivity index (χ0n) is 12.9. The molecule has 2 aromatic rings. The Balaban J connectivity index is 2.09. The molecule has 1 unspecified atom stereocenters. The number of aryl methyl sites for hydroxylation is 1. The van der Waals surface area contributed by atoms with Gasteiger partial charge in [0.1, 0.15) is 5.82 Å². The molecular formula is C19H19FO2. The summed E-state index contributed by atoms with van der Waals surface area (Å²) < 4.78 is 18.7. The summed E-state index contributed by atoms with van der Waals surface area (Å²) in [7, 11) is 0. The number of fused-ring (bicyclic) bond motifs is 3. The van der Waals surface area contributed by atoms with E-state index in [1.807, 2.05) is 26.0 Å². The lowest BCUT2D eigenvalue weighted by Gasteiger charge is -2.23. The average molecular weight is 298 g/mol. The van der Waals surface area contributed by atoms with Crippen molar-refractivity contribution in [2.24, 2.45) is 5.92 Å². The van der Waals surface area contributed by atoms with Crippen molar-refractivity contribution in [3.8, 4) is 0 Å². The summed E-state index contributed by atoms with van der Waals surface area (Å²) in [6.45, 7) is 4.06. The maximum absolute atomic E-state index is 13.6. The number of esters is 1. The largest absolute Gasteiger partial charge is 0.466 e. The zero-order chi connectivity index (χ0) is 15.7. The molecule has 0 aliphatic heterocycles. The van der Waals surface area contributed by atoms with Crippen molar-refractivity contribution >= 4 is 22.3 Å². The van der Waals surface area contributed by atoms with Gasteiger partial charge in [-0.2, -0.15) is 0 Å². The molecule has 1 aliphatic rings. The molecule has 2 aromatic carbocycles. The van der Waals surface area contributed by atoms with E-state index in [2.05, 4.69) is 6.08 Å². The van der Waals surface area contributed by atoms with Gasteiger partial charge < -0.3 is 4.74 Å². The minimum atomic E-state index is -0.301. The summed E-state index contributed by atoms with van der Waals surface area (Å²) >= 11 is 0. The Morgan fingerprint density at radius 3 is 2.86 bits per heavy atom. The number of ether oxygens (including phenoxy) is 1. The Morgan fingerprint density at radius 2 is 2.09 bits per heavy atom. The highest BCUT2D eigenvalue weighted by Crippen LogP contribution is 2.36. The zero-order valence-corrected chi connectivity index (χ0v) is 12.9. The van der Waals surface area contributed by atoms with Crippen molar-refractivity contribution in [3.05, 3.63) is 53.4 Å². The van der Waals surface area contributed by atoms with Gasteiger partial charge in [-0.05, 0) is 66.3 Å². The monoisotopic (exact) mass is 298 g/mol. The first kappa shape index (κ1) is 14.8. The summed E-state index contributed by atoms with van der Waals surface area (Å²) in [5.74, 6) is -0.735. The van der Waals surface area contributed by atoms with Gasteiger partial charge in [-0.25, -0.2) is 4.39 Å². The van der Waals surface area contributed by atoms with Crippen LogP contribution in [0, 0.1) is 11.7 Å². The molecule has 0 amide bonds.